The molecule has 0 aliphatic heterocycles. The number of carbonyl (C=O) groups is 1. The molecule has 0 aromatic heterocycles. The Morgan fingerprint density at radius 1 is 1.22 bits per heavy atom. The zero-order valence-electron chi connectivity index (χ0n) is 14.4. The van der Waals surface area contributed by atoms with Gasteiger partial charge in [0.2, 0.25) is 0 Å². The normalized spacial score (nSPS) is 20.6. The van der Waals surface area contributed by atoms with Gasteiger partial charge in [-0.3, -0.25) is 4.79 Å². The van der Waals surface area contributed by atoms with Crippen molar-refractivity contribution < 1.29 is 27.1 Å². The third-order valence-electron chi connectivity index (χ3n) is 4.68. The minimum Gasteiger partial charge on any atom is -0.460 e. The van der Waals surface area contributed by atoms with Gasteiger partial charge in [-0.15, -0.1) is 12.3 Å². The summed E-state index contributed by atoms with van der Waals surface area (Å²) >= 11 is 5.64. The van der Waals surface area contributed by atoms with Gasteiger partial charge in [0.15, 0.2) is 23.3 Å². The van der Waals surface area contributed by atoms with E-state index in [9.17, 15) is 22.4 Å². The Kier molecular flexibility index (Phi) is 5.87. The second-order valence-electron chi connectivity index (χ2n) is 6.65. The zero-order chi connectivity index (χ0) is 20.5. The molecular formula is C19H14ClF4NO2. The summed E-state index contributed by atoms with van der Waals surface area (Å²) in [6.07, 6.45) is 5.69. The molecule has 2 rings (SSSR count). The highest BCUT2D eigenvalue weighted by Gasteiger charge is 2.61. The minimum absolute atomic E-state index is 0.103. The number of halogens is 5. The molecule has 1 aliphatic carbocycles. The van der Waals surface area contributed by atoms with Crippen LogP contribution in [0.2, 0.25) is 0 Å². The highest BCUT2D eigenvalue weighted by atomic mass is 35.5. The second kappa shape index (κ2) is 7.62. The Labute approximate surface area is 158 Å². The van der Waals surface area contributed by atoms with Crippen LogP contribution < -0.4 is 0 Å². The number of hydrogen-bond donors (Lipinski definition) is 0. The SMILES string of the molecule is C#CCc1c(F)c(F)c(COC(=O)C2C(C=C(Cl)C#N)C2(C)C)c(F)c1F. The fourth-order valence-electron chi connectivity index (χ4n) is 2.97. The molecule has 1 aromatic carbocycles. The summed E-state index contributed by atoms with van der Waals surface area (Å²) in [4.78, 5) is 12.2. The van der Waals surface area contributed by atoms with Crippen molar-refractivity contribution in [1.29, 1.82) is 5.26 Å². The van der Waals surface area contributed by atoms with Crippen molar-refractivity contribution >= 4 is 17.6 Å². The van der Waals surface area contributed by atoms with Gasteiger partial charge < -0.3 is 4.74 Å². The molecule has 1 saturated carbocycles. The lowest BCUT2D eigenvalue weighted by atomic mass is 10.1. The quantitative estimate of drug-likeness (QED) is 0.243. The zero-order valence-corrected chi connectivity index (χ0v) is 15.1. The predicted octanol–water partition coefficient (Wildman–Crippen LogP) is 4.38. The van der Waals surface area contributed by atoms with Gasteiger partial charge in [-0.1, -0.05) is 31.5 Å². The number of nitriles is 1. The van der Waals surface area contributed by atoms with Crippen LogP contribution in [0.5, 0.6) is 0 Å². The number of nitrogens with zero attached hydrogens (tertiary/aromatic N) is 1. The molecule has 1 aromatic rings. The van der Waals surface area contributed by atoms with Gasteiger partial charge in [0.05, 0.1) is 11.5 Å². The van der Waals surface area contributed by atoms with E-state index in [0.29, 0.717) is 0 Å². The predicted molar refractivity (Wildman–Crippen MR) is 88.9 cm³/mol. The smallest absolute Gasteiger partial charge is 0.310 e. The van der Waals surface area contributed by atoms with Crippen LogP contribution in [-0.2, 0) is 22.6 Å². The Balaban J connectivity index is 2.20. The Morgan fingerprint density at radius 3 is 2.22 bits per heavy atom. The molecule has 8 heteroatoms. The second-order valence-corrected chi connectivity index (χ2v) is 7.06. The van der Waals surface area contributed by atoms with Gasteiger partial charge in [-0.05, 0) is 11.3 Å². The van der Waals surface area contributed by atoms with Crippen LogP contribution in [0.25, 0.3) is 0 Å². The number of carbonyl (C=O) groups excluding carboxylic acids is 1. The molecule has 142 valence electrons. The van der Waals surface area contributed by atoms with Crippen LogP contribution >= 0.6 is 11.6 Å². The molecule has 1 aliphatic rings. The number of rotatable bonds is 5. The lowest BCUT2D eigenvalue weighted by Gasteiger charge is -2.11. The number of ether oxygens (including phenoxy) is 1. The molecule has 0 N–H and O–H groups in total. The summed E-state index contributed by atoms with van der Waals surface area (Å²) < 4.78 is 60.7. The number of allylic oxidation sites excluding steroid dienone is 2. The standard InChI is InChI=1S/C19H14ClF4NO2/c1-4-5-10-14(21)16(23)11(17(24)15(10)22)8-27-18(26)13-12(19(13,2)3)6-9(20)7-25/h1,6,12-13H,5,8H2,2-3H3. The highest BCUT2D eigenvalue weighted by Crippen LogP contribution is 2.60. The van der Waals surface area contributed by atoms with Crippen molar-refractivity contribution in [1.82, 2.24) is 0 Å². The number of esters is 1. The van der Waals surface area contributed by atoms with E-state index in [-0.39, 0.29) is 5.03 Å². The molecule has 0 heterocycles. The first-order valence-corrected chi connectivity index (χ1v) is 8.16. The minimum atomic E-state index is -1.66. The fraction of sp³-hybridized carbons (Fsp3) is 0.368. The maximum atomic E-state index is 14.0. The molecule has 2 unspecified atom stereocenters. The van der Waals surface area contributed by atoms with Crippen LogP contribution in [-0.4, -0.2) is 5.97 Å². The van der Waals surface area contributed by atoms with E-state index < -0.39 is 70.6 Å². The van der Waals surface area contributed by atoms with Crippen LogP contribution in [0.3, 0.4) is 0 Å². The first-order chi connectivity index (χ1) is 12.6. The van der Waals surface area contributed by atoms with Crippen molar-refractivity contribution in [3.63, 3.8) is 0 Å². The average Bonchev–Trinajstić information content (AvgIpc) is 3.16. The summed E-state index contributed by atoms with van der Waals surface area (Å²) in [5, 5.41) is 8.60. The van der Waals surface area contributed by atoms with E-state index in [0.717, 1.165) is 0 Å². The monoisotopic (exact) mass is 399 g/mol. The van der Waals surface area contributed by atoms with Crippen LogP contribution in [0, 0.1) is 64.2 Å². The fourth-order valence-corrected chi connectivity index (χ4v) is 3.11. The Morgan fingerprint density at radius 2 is 1.74 bits per heavy atom. The van der Waals surface area contributed by atoms with Gasteiger partial charge in [-0.2, -0.15) is 5.26 Å². The van der Waals surface area contributed by atoms with Crippen molar-refractivity contribution in [2.45, 2.75) is 26.9 Å². The topological polar surface area (TPSA) is 50.1 Å². The summed E-state index contributed by atoms with van der Waals surface area (Å²) in [5.74, 6) is -6.59. The molecule has 2 atom stereocenters. The molecule has 1 fully saturated rings. The summed E-state index contributed by atoms with van der Waals surface area (Å²) in [6, 6.07) is 1.71. The average molecular weight is 400 g/mol. The summed E-state index contributed by atoms with van der Waals surface area (Å²) in [5.41, 5.74) is -2.53. The lowest BCUT2D eigenvalue weighted by molar-refractivity contribution is -0.147. The van der Waals surface area contributed by atoms with Gasteiger partial charge in [0.25, 0.3) is 0 Å². The molecule has 0 radical (unpaired) electrons. The molecular weight excluding hydrogens is 386 g/mol. The van der Waals surface area contributed by atoms with E-state index in [2.05, 4.69) is 0 Å². The van der Waals surface area contributed by atoms with Crippen molar-refractivity contribution in [2.24, 2.45) is 17.3 Å². The summed E-state index contributed by atoms with van der Waals surface area (Å²) in [6.45, 7) is 2.45. The summed E-state index contributed by atoms with van der Waals surface area (Å²) in [7, 11) is 0. The van der Waals surface area contributed by atoms with Gasteiger partial charge in [-0.25, -0.2) is 17.6 Å². The first kappa shape index (κ1) is 20.8. The molecule has 27 heavy (non-hydrogen) atoms. The largest absolute Gasteiger partial charge is 0.460 e. The van der Waals surface area contributed by atoms with E-state index in [1.54, 1.807) is 19.9 Å². The van der Waals surface area contributed by atoms with Crippen molar-refractivity contribution in [2.75, 3.05) is 0 Å². The van der Waals surface area contributed by atoms with Crippen molar-refractivity contribution in [3.8, 4) is 18.4 Å². The van der Waals surface area contributed by atoms with Gasteiger partial charge in [0, 0.05) is 12.0 Å². The molecule has 0 amide bonds. The first-order valence-electron chi connectivity index (χ1n) is 7.79. The van der Waals surface area contributed by atoms with Gasteiger partial charge in [0.1, 0.15) is 17.7 Å². The Bertz CT molecular complexity index is 883. The van der Waals surface area contributed by atoms with Crippen LogP contribution in [0.1, 0.15) is 25.0 Å². The van der Waals surface area contributed by atoms with E-state index in [1.807, 2.05) is 5.92 Å². The number of benzene rings is 1. The Hall–Kier alpha value is -2.51. The highest BCUT2D eigenvalue weighted by molar-refractivity contribution is 6.31. The maximum Gasteiger partial charge on any atom is 0.310 e. The van der Waals surface area contributed by atoms with Crippen LogP contribution in [0.15, 0.2) is 11.1 Å². The third kappa shape index (κ3) is 3.79. The lowest BCUT2D eigenvalue weighted by Crippen LogP contribution is -2.14. The number of hydrogen-bond acceptors (Lipinski definition) is 3. The maximum absolute atomic E-state index is 14.0. The van der Waals surface area contributed by atoms with E-state index in [1.165, 1.54) is 6.08 Å². The van der Waals surface area contributed by atoms with E-state index >= 15 is 0 Å². The third-order valence-corrected chi connectivity index (χ3v) is 4.89. The van der Waals surface area contributed by atoms with Crippen molar-refractivity contribution in [3.05, 3.63) is 45.5 Å². The molecule has 3 nitrogen and oxygen atoms in total. The molecule has 0 bridgehead atoms. The van der Waals surface area contributed by atoms with Crippen LogP contribution in [0.4, 0.5) is 17.6 Å². The number of terminal acetylenes is 1. The molecule has 0 saturated heterocycles. The van der Waals surface area contributed by atoms with E-state index in [4.69, 9.17) is 28.0 Å². The van der Waals surface area contributed by atoms with Gasteiger partial charge >= 0.3 is 5.97 Å². The molecule has 0 spiro atoms.